The number of hydrogen-bond acceptors (Lipinski definition) is 5. The van der Waals surface area contributed by atoms with Crippen molar-refractivity contribution in [3.8, 4) is 11.4 Å². The molecule has 0 bridgehead atoms. The number of anilines is 1. The third-order valence-corrected chi connectivity index (χ3v) is 6.68. The van der Waals surface area contributed by atoms with E-state index in [1.807, 2.05) is 41.8 Å². The lowest BCUT2D eigenvalue weighted by molar-refractivity contribution is -0.113. The highest BCUT2D eigenvalue weighted by atomic mass is 32.2. The first kappa shape index (κ1) is 20.6. The van der Waals surface area contributed by atoms with Crippen LogP contribution in [-0.2, 0) is 24.2 Å². The van der Waals surface area contributed by atoms with E-state index < -0.39 is 0 Å². The summed E-state index contributed by atoms with van der Waals surface area (Å²) in [6.07, 6.45) is 5.07. The van der Waals surface area contributed by atoms with Gasteiger partial charge in [0, 0.05) is 5.69 Å². The molecule has 2 heterocycles. The minimum Gasteiger partial charge on any atom is -0.469 e. The molecular formula is C25H24N4O2S. The molecule has 6 nitrogen and oxygen atoms in total. The van der Waals surface area contributed by atoms with Crippen LogP contribution in [0.2, 0.25) is 0 Å². The molecule has 32 heavy (non-hydrogen) atoms. The van der Waals surface area contributed by atoms with Gasteiger partial charge in [-0.05, 0) is 61.1 Å². The number of benzene rings is 2. The van der Waals surface area contributed by atoms with Gasteiger partial charge in [-0.2, -0.15) is 0 Å². The van der Waals surface area contributed by atoms with E-state index in [9.17, 15) is 4.79 Å². The molecule has 4 aromatic rings. The van der Waals surface area contributed by atoms with Crippen molar-refractivity contribution in [1.29, 1.82) is 0 Å². The lowest BCUT2D eigenvalue weighted by atomic mass is 10.1. The number of nitrogens with zero attached hydrogens (tertiary/aromatic N) is 3. The number of aryl methyl sites for hydroxylation is 3. The van der Waals surface area contributed by atoms with Crippen molar-refractivity contribution in [2.24, 2.45) is 0 Å². The summed E-state index contributed by atoms with van der Waals surface area (Å²) in [5.41, 5.74) is 5.64. The Morgan fingerprint density at radius 3 is 2.75 bits per heavy atom. The highest BCUT2D eigenvalue weighted by Crippen LogP contribution is 2.29. The van der Waals surface area contributed by atoms with Crippen molar-refractivity contribution >= 4 is 23.4 Å². The van der Waals surface area contributed by atoms with Gasteiger partial charge in [-0.25, -0.2) is 0 Å². The van der Waals surface area contributed by atoms with E-state index in [-0.39, 0.29) is 11.7 Å². The molecule has 162 valence electrons. The summed E-state index contributed by atoms with van der Waals surface area (Å²) in [7, 11) is 0. The Kier molecular flexibility index (Phi) is 5.81. The van der Waals surface area contributed by atoms with Gasteiger partial charge < -0.3 is 9.73 Å². The minimum absolute atomic E-state index is 0.0525. The van der Waals surface area contributed by atoms with Crippen LogP contribution in [0.1, 0.15) is 28.9 Å². The molecule has 0 atom stereocenters. The number of nitrogens with one attached hydrogen (secondary N) is 1. The highest BCUT2D eigenvalue weighted by molar-refractivity contribution is 7.99. The van der Waals surface area contributed by atoms with Crippen molar-refractivity contribution < 1.29 is 9.21 Å². The van der Waals surface area contributed by atoms with Crippen LogP contribution in [0, 0.1) is 6.92 Å². The van der Waals surface area contributed by atoms with Gasteiger partial charge in [-0.1, -0.05) is 48.2 Å². The summed E-state index contributed by atoms with van der Waals surface area (Å²) in [6, 6.07) is 18.3. The van der Waals surface area contributed by atoms with Crippen LogP contribution in [0.3, 0.4) is 0 Å². The lowest BCUT2D eigenvalue weighted by Crippen LogP contribution is -2.15. The predicted octanol–water partition coefficient (Wildman–Crippen LogP) is 5.11. The molecule has 2 aromatic carbocycles. The van der Waals surface area contributed by atoms with Crippen LogP contribution in [0.5, 0.6) is 0 Å². The van der Waals surface area contributed by atoms with Crippen LogP contribution in [-0.4, -0.2) is 26.4 Å². The fourth-order valence-electron chi connectivity index (χ4n) is 4.10. The fourth-order valence-corrected chi connectivity index (χ4v) is 4.83. The summed E-state index contributed by atoms with van der Waals surface area (Å²) in [5, 5.41) is 12.5. The number of amides is 1. The molecule has 1 amide bonds. The van der Waals surface area contributed by atoms with E-state index in [1.165, 1.54) is 29.3 Å². The number of aromatic nitrogens is 3. The highest BCUT2D eigenvalue weighted by Gasteiger charge is 2.19. The zero-order valence-electron chi connectivity index (χ0n) is 17.9. The Bertz CT molecular complexity index is 1250. The SMILES string of the molecule is Cc1occc1-c1nnc(SCC(=O)Nc2ccc3c(c2)CCC3)n1Cc1ccccc1. The molecule has 0 aliphatic heterocycles. The standard InChI is InChI=1S/C25H24N4O2S/c1-17-22(12-13-31-17)24-27-28-25(29(24)15-18-6-3-2-4-7-18)32-16-23(30)26-21-11-10-19-8-5-9-20(19)14-21/h2-4,6-7,10-14H,5,8-9,15-16H2,1H3,(H,26,30). The maximum atomic E-state index is 12.6. The monoisotopic (exact) mass is 444 g/mol. The Labute approximate surface area is 191 Å². The maximum absolute atomic E-state index is 12.6. The third kappa shape index (κ3) is 4.34. The van der Waals surface area contributed by atoms with Crippen molar-refractivity contribution in [2.45, 2.75) is 37.9 Å². The summed E-state index contributed by atoms with van der Waals surface area (Å²) in [6.45, 7) is 2.52. The third-order valence-electron chi connectivity index (χ3n) is 5.71. The molecule has 0 unspecified atom stereocenters. The van der Waals surface area contributed by atoms with E-state index in [1.54, 1.807) is 6.26 Å². The minimum atomic E-state index is -0.0525. The summed E-state index contributed by atoms with van der Waals surface area (Å²) in [5.74, 6) is 1.73. The zero-order valence-corrected chi connectivity index (χ0v) is 18.7. The smallest absolute Gasteiger partial charge is 0.234 e. The Morgan fingerprint density at radius 2 is 1.94 bits per heavy atom. The van der Waals surface area contributed by atoms with Crippen LogP contribution < -0.4 is 5.32 Å². The first-order valence-corrected chi connectivity index (χ1v) is 11.7. The molecule has 0 radical (unpaired) electrons. The Morgan fingerprint density at radius 1 is 1.09 bits per heavy atom. The van der Waals surface area contributed by atoms with Crippen LogP contribution in [0.4, 0.5) is 5.69 Å². The molecule has 1 aliphatic rings. The largest absolute Gasteiger partial charge is 0.469 e. The van der Waals surface area contributed by atoms with E-state index in [4.69, 9.17) is 4.42 Å². The van der Waals surface area contributed by atoms with Gasteiger partial charge in [0.1, 0.15) is 5.76 Å². The van der Waals surface area contributed by atoms with Gasteiger partial charge in [0.05, 0.1) is 24.1 Å². The quantitative estimate of drug-likeness (QED) is 0.401. The van der Waals surface area contributed by atoms with Crippen LogP contribution >= 0.6 is 11.8 Å². The molecule has 1 aliphatic carbocycles. The number of rotatable bonds is 7. The second-order valence-corrected chi connectivity index (χ2v) is 8.88. The number of carbonyl (C=O) groups excluding carboxylic acids is 1. The van der Waals surface area contributed by atoms with Gasteiger partial charge in [0.2, 0.25) is 5.91 Å². The number of fused-ring (bicyclic) bond motifs is 1. The number of hydrogen-bond donors (Lipinski definition) is 1. The lowest BCUT2D eigenvalue weighted by Gasteiger charge is -2.11. The first-order chi connectivity index (χ1) is 15.7. The van der Waals surface area contributed by atoms with Gasteiger partial charge in [-0.3, -0.25) is 9.36 Å². The Hall–Kier alpha value is -3.32. The molecule has 0 fully saturated rings. The first-order valence-electron chi connectivity index (χ1n) is 10.7. The van der Waals surface area contributed by atoms with Gasteiger partial charge in [0.25, 0.3) is 0 Å². The average Bonchev–Trinajstić information content (AvgIpc) is 3.53. The molecule has 7 heteroatoms. The fraction of sp³-hybridized carbons (Fsp3) is 0.240. The van der Waals surface area contributed by atoms with Crippen molar-refractivity contribution in [1.82, 2.24) is 14.8 Å². The summed E-state index contributed by atoms with van der Waals surface area (Å²) >= 11 is 1.39. The van der Waals surface area contributed by atoms with Gasteiger partial charge in [0.15, 0.2) is 11.0 Å². The summed E-state index contributed by atoms with van der Waals surface area (Å²) in [4.78, 5) is 12.6. The molecular weight excluding hydrogens is 420 g/mol. The summed E-state index contributed by atoms with van der Waals surface area (Å²) < 4.78 is 7.52. The van der Waals surface area contributed by atoms with Crippen molar-refractivity contribution in [3.63, 3.8) is 0 Å². The normalized spacial score (nSPS) is 12.7. The predicted molar refractivity (Wildman–Crippen MR) is 126 cm³/mol. The van der Waals surface area contributed by atoms with Gasteiger partial charge in [-0.15, -0.1) is 10.2 Å². The molecule has 0 saturated carbocycles. The number of thioether (sulfide) groups is 1. The van der Waals surface area contributed by atoms with E-state index in [0.717, 1.165) is 41.2 Å². The van der Waals surface area contributed by atoms with E-state index in [2.05, 4.69) is 39.8 Å². The molecule has 2 aromatic heterocycles. The van der Waals surface area contributed by atoms with Crippen LogP contribution in [0.15, 0.2) is 70.4 Å². The topological polar surface area (TPSA) is 72.9 Å². The van der Waals surface area contributed by atoms with Gasteiger partial charge >= 0.3 is 0 Å². The average molecular weight is 445 g/mol. The second kappa shape index (κ2) is 9.04. The van der Waals surface area contributed by atoms with E-state index >= 15 is 0 Å². The molecule has 0 spiro atoms. The molecule has 5 rings (SSSR count). The number of furan rings is 1. The van der Waals surface area contributed by atoms with Crippen molar-refractivity contribution in [2.75, 3.05) is 11.1 Å². The second-order valence-electron chi connectivity index (χ2n) is 7.94. The van der Waals surface area contributed by atoms with Crippen molar-refractivity contribution in [3.05, 3.63) is 83.3 Å². The zero-order chi connectivity index (χ0) is 21.9. The maximum Gasteiger partial charge on any atom is 0.234 e. The Balaban J connectivity index is 1.33. The van der Waals surface area contributed by atoms with E-state index in [0.29, 0.717) is 11.7 Å². The molecule has 0 saturated heterocycles. The van der Waals surface area contributed by atoms with Crippen LogP contribution in [0.25, 0.3) is 11.4 Å². The molecule has 1 N–H and O–H groups in total. The number of carbonyl (C=O) groups is 1.